The lowest BCUT2D eigenvalue weighted by Crippen LogP contribution is -2.50. The maximum absolute atomic E-state index is 12.0. The molecule has 0 spiro atoms. The van der Waals surface area contributed by atoms with Crippen LogP contribution in [-0.2, 0) is 16.0 Å². The number of carboxylic acids is 1. The fraction of sp³-hybridized carbons (Fsp3) is 0.583. The average Bonchev–Trinajstić information content (AvgIpc) is 2.91. The number of carbonyl (C=O) groups excluding carboxylic acids is 1. The number of aliphatic carboxylic acids is 1. The molecule has 2 amide bonds. The molecule has 0 saturated carbocycles. The normalized spacial score (nSPS) is 18.8. The van der Waals surface area contributed by atoms with Crippen molar-refractivity contribution in [3.8, 4) is 0 Å². The van der Waals surface area contributed by atoms with Crippen LogP contribution >= 0.6 is 11.3 Å². The van der Waals surface area contributed by atoms with Crippen LogP contribution in [0.25, 0.3) is 0 Å². The Morgan fingerprint density at radius 2 is 2.45 bits per heavy atom. The second-order valence-corrected chi connectivity index (χ2v) is 5.22. The average molecular weight is 299 g/mol. The zero-order valence-corrected chi connectivity index (χ0v) is 11.8. The Morgan fingerprint density at radius 3 is 3.15 bits per heavy atom. The molecule has 0 radical (unpaired) electrons. The summed E-state index contributed by atoms with van der Waals surface area (Å²) in [6.07, 6.45) is 0.186. The number of hydrogen-bond donors (Lipinski definition) is 2. The van der Waals surface area contributed by atoms with Gasteiger partial charge in [-0.1, -0.05) is 0 Å². The summed E-state index contributed by atoms with van der Waals surface area (Å²) < 4.78 is 5.32. The first-order valence-electron chi connectivity index (χ1n) is 6.38. The summed E-state index contributed by atoms with van der Waals surface area (Å²) in [6.45, 7) is 1.69. The van der Waals surface area contributed by atoms with E-state index in [1.807, 2.05) is 5.38 Å². The van der Waals surface area contributed by atoms with Gasteiger partial charge >= 0.3 is 12.0 Å². The monoisotopic (exact) mass is 299 g/mol. The lowest BCUT2D eigenvalue weighted by atomic mass is 10.2. The Bertz CT molecular complexity index is 452. The van der Waals surface area contributed by atoms with Crippen molar-refractivity contribution >= 4 is 23.3 Å². The number of amides is 2. The van der Waals surface area contributed by atoms with E-state index in [4.69, 9.17) is 9.84 Å². The van der Waals surface area contributed by atoms with Crippen LogP contribution in [0.3, 0.4) is 0 Å². The van der Waals surface area contributed by atoms with E-state index in [9.17, 15) is 9.59 Å². The van der Waals surface area contributed by atoms with Gasteiger partial charge in [0, 0.05) is 31.4 Å². The zero-order valence-electron chi connectivity index (χ0n) is 10.9. The van der Waals surface area contributed by atoms with Crippen molar-refractivity contribution < 1.29 is 19.4 Å². The predicted octanol–water partition coefficient (Wildman–Crippen LogP) is 0.571. The predicted molar refractivity (Wildman–Crippen MR) is 72.8 cm³/mol. The molecular formula is C12H17N3O4S. The molecule has 1 saturated heterocycles. The summed E-state index contributed by atoms with van der Waals surface area (Å²) in [5.74, 6) is -0.916. The second-order valence-electron chi connectivity index (χ2n) is 4.50. The third-order valence-electron chi connectivity index (χ3n) is 2.97. The first-order chi connectivity index (χ1) is 9.65. The molecule has 8 heteroatoms. The van der Waals surface area contributed by atoms with Crippen LogP contribution in [0.1, 0.15) is 12.1 Å². The molecule has 2 N–H and O–H groups in total. The molecule has 1 aliphatic rings. The van der Waals surface area contributed by atoms with E-state index >= 15 is 0 Å². The molecule has 2 rings (SSSR count). The van der Waals surface area contributed by atoms with Crippen LogP contribution in [0.5, 0.6) is 0 Å². The summed E-state index contributed by atoms with van der Waals surface area (Å²) in [6, 6.07) is -0.182. The van der Waals surface area contributed by atoms with Crippen molar-refractivity contribution in [2.24, 2.45) is 0 Å². The lowest BCUT2D eigenvalue weighted by molar-refractivity contribution is -0.141. The maximum atomic E-state index is 12.0. The van der Waals surface area contributed by atoms with Crippen molar-refractivity contribution in [2.45, 2.75) is 18.9 Å². The van der Waals surface area contributed by atoms with Crippen molar-refractivity contribution in [1.82, 2.24) is 15.2 Å². The Labute approximate surface area is 120 Å². The Kier molecular flexibility index (Phi) is 5.31. The molecule has 1 atom stereocenters. The fourth-order valence-corrected chi connectivity index (χ4v) is 2.59. The van der Waals surface area contributed by atoms with Gasteiger partial charge in [-0.2, -0.15) is 0 Å². The third-order valence-corrected chi connectivity index (χ3v) is 3.60. The number of carbonyl (C=O) groups is 2. The van der Waals surface area contributed by atoms with Gasteiger partial charge < -0.3 is 20.1 Å². The standard InChI is InChI=1S/C12H17N3O4S/c16-11(17)5-10-6-15(3-4-19-10)12(18)13-2-1-9-7-20-8-14-9/h7-8,10H,1-6H2,(H,13,18)(H,16,17). The minimum atomic E-state index is -0.916. The number of urea groups is 1. The molecule has 1 aromatic heterocycles. The molecule has 0 aromatic carbocycles. The largest absolute Gasteiger partial charge is 0.481 e. The number of nitrogens with one attached hydrogen (secondary N) is 1. The lowest BCUT2D eigenvalue weighted by Gasteiger charge is -2.32. The minimum Gasteiger partial charge on any atom is -0.481 e. The van der Waals surface area contributed by atoms with E-state index in [0.29, 0.717) is 32.7 Å². The van der Waals surface area contributed by atoms with E-state index in [1.165, 1.54) is 11.3 Å². The highest BCUT2D eigenvalue weighted by Crippen LogP contribution is 2.09. The van der Waals surface area contributed by atoms with E-state index in [2.05, 4.69) is 10.3 Å². The molecule has 2 heterocycles. The molecule has 0 aliphatic carbocycles. The van der Waals surface area contributed by atoms with Gasteiger partial charge in [0.05, 0.1) is 30.3 Å². The van der Waals surface area contributed by atoms with Crippen molar-refractivity contribution in [2.75, 3.05) is 26.2 Å². The van der Waals surface area contributed by atoms with E-state index < -0.39 is 12.1 Å². The van der Waals surface area contributed by atoms with Gasteiger partial charge in [0.25, 0.3) is 0 Å². The first kappa shape index (κ1) is 14.7. The second kappa shape index (κ2) is 7.20. The Morgan fingerprint density at radius 1 is 1.60 bits per heavy atom. The molecule has 7 nitrogen and oxygen atoms in total. The van der Waals surface area contributed by atoms with Gasteiger partial charge in [0.15, 0.2) is 0 Å². The van der Waals surface area contributed by atoms with E-state index in [1.54, 1.807) is 10.4 Å². The van der Waals surface area contributed by atoms with Crippen LogP contribution in [0.4, 0.5) is 4.79 Å². The molecule has 1 aromatic rings. The fourth-order valence-electron chi connectivity index (χ4n) is 1.99. The van der Waals surface area contributed by atoms with Crippen LogP contribution in [-0.4, -0.2) is 59.3 Å². The van der Waals surface area contributed by atoms with Gasteiger partial charge in [-0.15, -0.1) is 11.3 Å². The van der Waals surface area contributed by atoms with Gasteiger partial charge in [-0.25, -0.2) is 9.78 Å². The van der Waals surface area contributed by atoms with Gasteiger partial charge in [0.2, 0.25) is 0 Å². The van der Waals surface area contributed by atoms with Crippen LogP contribution < -0.4 is 5.32 Å². The first-order valence-corrected chi connectivity index (χ1v) is 7.32. The van der Waals surface area contributed by atoms with Crippen LogP contribution in [0.15, 0.2) is 10.9 Å². The summed E-state index contributed by atoms with van der Waals surface area (Å²) in [5, 5.41) is 13.5. The summed E-state index contributed by atoms with van der Waals surface area (Å²) >= 11 is 1.53. The zero-order chi connectivity index (χ0) is 14.4. The third kappa shape index (κ3) is 4.46. The van der Waals surface area contributed by atoms with E-state index in [-0.39, 0.29) is 12.5 Å². The van der Waals surface area contributed by atoms with Gasteiger partial charge in [-0.3, -0.25) is 4.79 Å². The molecule has 20 heavy (non-hydrogen) atoms. The molecule has 1 unspecified atom stereocenters. The van der Waals surface area contributed by atoms with Crippen molar-refractivity contribution in [3.63, 3.8) is 0 Å². The summed E-state index contributed by atoms with van der Waals surface area (Å²) in [7, 11) is 0. The number of hydrogen-bond acceptors (Lipinski definition) is 5. The van der Waals surface area contributed by atoms with Gasteiger partial charge in [-0.05, 0) is 0 Å². The van der Waals surface area contributed by atoms with Crippen LogP contribution in [0, 0.1) is 0 Å². The molecular weight excluding hydrogens is 282 g/mol. The number of aromatic nitrogens is 1. The number of carboxylic acid groups (broad SMARTS) is 1. The SMILES string of the molecule is O=C(O)CC1CN(C(=O)NCCc2cscn2)CCO1. The van der Waals surface area contributed by atoms with Gasteiger partial charge in [0.1, 0.15) is 0 Å². The molecule has 1 aliphatic heterocycles. The molecule has 110 valence electrons. The maximum Gasteiger partial charge on any atom is 0.317 e. The summed E-state index contributed by atoms with van der Waals surface area (Å²) in [5.41, 5.74) is 2.72. The Hall–Kier alpha value is -1.67. The van der Waals surface area contributed by atoms with Crippen molar-refractivity contribution in [3.05, 3.63) is 16.6 Å². The highest BCUT2D eigenvalue weighted by atomic mass is 32.1. The summed E-state index contributed by atoms with van der Waals surface area (Å²) in [4.78, 5) is 28.3. The molecule has 0 bridgehead atoms. The number of rotatable bonds is 5. The number of nitrogens with zero attached hydrogens (tertiary/aromatic N) is 2. The highest BCUT2D eigenvalue weighted by molar-refractivity contribution is 7.07. The highest BCUT2D eigenvalue weighted by Gasteiger charge is 2.25. The van der Waals surface area contributed by atoms with Crippen molar-refractivity contribution in [1.29, 1.82) is 0 Å². The molecule has 1 fully saturated rings. The number of thiazole rings is 1. The number of morpholine rings is 1. The smallest absolute Gasteiger partial charge is 0.317 e. The Balaban J connectivity index is 1.72. The number of ether oxygens (including phenoxy) is 1. The topological polar surface area (TPSA) is 91.8 Å². The van der Waals surface area contributed by atoms with Crippen LogP contribution in [0.2, 0.25) is 0 Å². The minimum absolute atomic E-state index is 0.0808. The van der Waals surface area contributed by atoms with E-state index in [0.717, 1.165) is 5.69 Å². The quantitative estimate of drug-likeness (QED) is 0.829.